The smallest absolute Gasteiger partial charge is 0.270 e. The Labute approximate surface area is 206 Å². The molecule has 2 atom stereocenters. The first-order valence-electron chi connectivity index (χ1n) is 12.8. The monoisotopic (exact) mass is 480 g/mol. The van der Waals surface area contributed by atoms with Crippen LogP contribution in [-0.2, 0) is 16.0 Å². The van der Waals surface area contributed by atoms with Gasteiger partial charge in [-0.2, -0.15) is 0 Å². The van der Waals surface area contributed by atoms with Gasteiger partial charge in [0.25, 0.3) is 5.69 Å². The maximum Gasteiger partial charge on any atom is 0.270 e. The van der Waals surface area contributed by atoms with Gasteiger partial charge in [-0.25, -0.2) is 4.98 Å². The molecule has 0 aliphatic heterocycles. The lowest BCUT2D eigenvalue weighted by molar-refractivity contribution is -0.384. The minimum Gasteiger partial charge on any atom is -0.353 e. The number of hydrogen-bond acceptors (Lipinski definition) is 5. The van der Waals surface area contributed by atoms with Gasteiger partial charge in [-0.3, -0.25) is 19.7 Å². The Kier molecular flexibility index (Phi) is 7.67. The SMILES string of the molecule is CC1(C)C[C@H](C(=O)CCC(=O)NC2CCCCC2)[C@H]1CCc1cnc(-c2cccc([N+](=O)[O-])c2)[nH]1. The van der Waals surface area contributed by atoms with Gasteiger partial charge in [0.1, 0.15) is 11.6 Å². The van der Waals surface area contributed by atoms with Gasteiger partial charge in [-0.1, -0.05) is 45.2 Å². The average Bonchev–Trinajstić information content (AvgIpc) is 3.31. The van der Waals surface area contributed by atoms with Gasteiger partial charge in [-0.15, -0.1) is 0 Å². The summed E-state index contributed by atoms with van der Waals surface area (Å²) in [6, 6.07) is 6.70. The van der Waals surface area contributed by atoms with Gasteiger partial charge in [0, 0.05) is 54.4 Å². The summed E-state index contributed by atoms with van der Waals surface area (Å²) in [5, 5.41) is 14.2. The summed E-state index contributed by atoms with van der Waals surface area (Å²) in [5.74, 6) is 1.09. The van der Waals surface area contributed by atoms with E-state index in [-0.39, 0.29) is 47.1 Å². The molecule has 2 aliphatic rings. The van der Waals surface area contributed by atoms with Crippen LogP contribution in [0.15, 0.2) is 30.5 Å². The van der Waals surface area contributed by atoms with Crippen molar-refractivity contribution in [2.24, 2.45) is 17.3 Å². The molecule has 2 aromatic rings. The fraction of sp³-hybridized carbons (Fsp3) is 0.593. The highest BCUT2D eigenvalue weighted by Gasteiger charge is 2.49. The van der Waals surface area contributed by atoms with Gasteiger partial charge in [0.2, 0.25) is 5.91 Å². The van der Waals surface area contributed by atoms with Crippen LogP contribution in [-0.4, -0.2) is 32.6 Å². The Bertz CT molecular complexity index is 1070. The van der Waals surface area contributed by atoms with Crippen molar-refractivity contribution in [3.05, 3.63) is 46.3 Å². The number of aryl methyl sites for hydroxylation is 1. The van der Waals surface area contributed by atoms with E-state index in [2.05, 4.69) is 29.1 Å². The predicted octanol–water partition coefficient (Wildman–Crippen LogP) is 5.38. The molecule has 188 valence electrons. The van der Waals surface area contributed by atoms with Gasteiger partial charge in [-0.05, 0) is 43.4 Å². The zero-order chi connectivity index (χ0) is 25.0. The van der Waals surface area contributed by atoms with E-state index >= 15 is 0 Å². The number of benzene rings is 1. The number of nitrogens with zero attached hydrogens (tertiary/aromatic N) is 2. The molecule has 2 saturated carbocycles. The highest BCUT2D eigenvalue weighted by Crippen LogP contribution is 2.53. The highest BCUT2D eigenvalue weighted by atomic mass is 16.6. The van der Waals surface area contributed by atoms with Crippen LogP contribution in [0.2, 0.25) is 0 Å². The number of hydrogen-bond donors (Lipinski definition) is 2. The van der Waals surface area contributed by atoms with Crippen molar-refractivity contribution < 1.29 is 14.5 Å². The van der Waals surface area contributed by atoms with Crippen molar-refractivity contribution in [1.82, 2.24) is 15.3 Å². The first-order valence-corrected chi connectivity index (χ1v) is 12.8. The molecule has 2 aliphatic carbocycles. The van der Waals surface area contributed by atoms with Crippen molar-refractivity contribution in [2.45, 2.75) is 84.1 Å². The minimum absolute atomic E-state index is 0.00604. The van der Waals surface area contributed by atoms with E-state index in [1.54, 1.807) is 18.3 Å². The zero-order valence-electron chi connectivity index (χ0n) is 20.7. The van der Waals surface area contributed by atoms with E-state index in [1.807, 2.05) is 0 Å². The molecule has 0 bridgehead atoms. The van der Waals surface area contributed by atoms with Crippen LogP contribution in [0.3, 0.4) is 0 Å². The number of aromatic amines is 1. The van der Waals surface area contributed by atoms with E-state index in [1.165, 1.54) is 31.4 Å². The summed E-state index contributed by atoms with van der Waals surface area (Å²) < 4.78 is 0. The summed E-state index contributed by atoms with van der Waals surface area (Å²) in [7, 11) is 0. The van der Waals surface area contributed by atoms with E-state index in [0.29, 0.717) is 17.8 Å². The molecule has 0 unspecified atom stereocenters. The summed E-state index contributed by atoms with van der Waals surface area (Å²) in [4.78, 5) is 43.6. The number of nitro benzene ring substituents is 1. The third-order valence-electron chi connectivity index (χ3n) is 7.90. The molecule has 1 aromatic heterocycles. The topological polar surface area (TPSA) is 118 Å². The number of Topliss-reactive ketones (excluding diaryl/α,β-unsaturated/α-hetero) is 1. The Hall–Kier alpha value is -3.03. The number of amides is 1. The van der Waals surface area contributed by atoms with Gasteiger partial charge >= 0.3 is 0 Å². The third-order valence-corrected chi connectivity index (χ3v) is 7.90. The van der Waals surface area contributed by atoms with Crippen LogP contribution >= 0.6 is 0 Å². The van der Waals surface area contributed by atoms with Crippen molar-refractivity contribution >= 4 is 17.4 Å². The maximum atomic E-state index is 13.0. The summed E-state index contributed by atoms with van der Waals surface area (Å²) in [6.07, 6.45) is 10.5. The Balaban J connectivity index is 1.29. The van der Waals surface area contributed by atoms with Crippen LogP contribution in [0, 0.1) is 27.4 Å². The number of H-pyrrole nitrogens is 1. The number of rotatable bonds is 10. The number of aromatic nitrogens is 2. The van der Waals surface area contributed by atoms with E-state index in [9.17, 15) is 19.7 Å². The molecule has 35 heavy (non-hydrogen) atoms. The molecule has 0 radical (unpaired) electrons. The summed E-state index contributed by atoms with van der Waals surface area (Å²) >= 11 is 0. The zero-order valence-corrected chi connectivity index (χ0v) is 20.7. The van der Waals surface area contributed by atoms with Crippen molar-refractivity contribution in [3.8, 4) is 11.4 Å². The first-order chi connectivity index (χ1) is 16.7. The lowest BCUT2D eigenvalue weighted by Gasteiger charge is -2.51. The maximum absolute atomic E-state index is 13.0. The van der Waals surface area contributed by atoms with E-state index in [0.717, 1.165) is 37.8 Å². The normalized spacial score (nSPS) is 21.8. The fourth-order valence-electron chi connectivity index (χ4n) is 5.85. The second kappa shape index (κ2) is 10.7. The summed E-state index contributed by atoms with van der Waals surface area (Å²) in [6.45, 7) is 4.41. The van der Waals surface area contributed by atoms with Gasteiger partial charge in [0.15, 0.2) is 0 Å². The first kappa shape index (κ1) is 25.1. The minimum atomic E-state index is -0.414. The van der Waals surface area contributed by atoms with Gasteiger partial charge in [0.05, 0.1) is 4.92 Å². The van der Waals surface area contributed by atoms with Crippen LogP contribution in [0.5, 0.6) is 0 Å². The van der Waals surface area contributed by atoms with Crippen molar-refractivity contribution in [1.29, 1.82) is 0 Å². The molecular weight excluding hydrogens is 444 g/mol. The molecule has 8 nitrogen and oxygen atoms in total. The average molecular weight is 481 g/mol. The molecule has 1 amide bonds. The molecule has 2 N–H and O–H groups in total. The molecule has 8 heteroatoms. The third kappa shape index (κ3) is 6.16. The Morgan fingerprint density at radius 3 is 2.69 bits per heavy atom. The quantitative estimate of drug-likeness (QED) is 0.350. The number of imidazole rings is 1. The molecule has 1 aromatic carbocycles. The van der Waals surface area contributed by atoms with Gasteiger partial charge < -0.3 is 10.3 Å². The van der Waals surface area contributed by atoms with Crippen LogP contribution in [0.4, 0.5) is 5.69 Å². The number of carbonyl (C=O) groups is 2. The Morgan fingerprint density at radius 2 is 1.97 bits per heavy atom. The number of nitrogens with one attached hydrogen (secondary N) is 2. The molecule has 1 heterocycles. The van der Waals surface area contributed by atoms with Crippen LogP contribution in [0.25, 0.3) is 11.4 Å². The molecule has 0 spiro atoms. The number of ketones is 1. The molecule has 4 rings (SSSR count). The molecule has 2 fully saturated rings. The predicted molar refractivity (Wildman–Crippen MR) is 134 cm³/mol. The van der Waals surface area contributed by atoms with Crippen LogP contribution in [0.1, 0.15) is 77.3 Å². The van der Waals surface area contributed by atoms with Crippen LogP contribution < -0.4 is 5.32 Å². The van der Waals surface area contributed by atoms with Crippen molar-refractivity contribution in [3.63, 3.8) is 0 Å². The van der Waals surface area contributed by atoms with E-state index in [4.69, 9.17) is 0 Å². The summed E-state index contributed by atoms with van der Waals surface area (Å²) in [5.41, 5.74) is 1.75. The second-order valence-electron chi connectivity index (χ2n) is 10.9. The Morgan fingerprint density at radius 1 is 1.20 bits per heavy atom. The standard InChI is InChI=1S/C27H36N4O4/c1-27(2)16-22(24(32)13-14-25(33)29-19-8-4-3-5-9-19)23(27)12-11-20-17-28-26(30-20)18-7-6-10-21(15-18)31(34)35/h6-7,10,15,17,19,22-23H,3-5,8-9,11-14,16H2,1-2H3,(H,28,30)(H,29,33)/t22-,23+/m0/s1. The second-order valence-corrected chi connectivity index (χ2v) is 10.9. The van der Waals surface area contributed by atoms with E-state index < -0.39 is 4.92 Å². The number of nitro groups is 1. The fourth-order valence-corrected chi connectivity index (χ4v) is 5.85. The lowest BCUT2D eigenvalue weighted by Crippen LogP contribution is -2.48. The molecular formula is C27H36N4O4. The largest absolute Gasteiger partial charge is 0.353 e. The number of non-ortho nitro benzene ring substituents is 1. The molecule has 0 saturated heterocycles. The lowest BCUT2D eigenvalue weighted by atomic mass is 9.53. The highest BCUT2D eigenvalue weighted by molar-refractivity contribution is 5.87. The number of carbonyl (C=O) groups excluding carboxylic acids is 2. The van der Waals surface area contributed by atoms with Crippen molar-refractivity contribution in [2.75, 3.05) is 0 Å².